The summed E-state index contributed by atoms with van der Waals surface area (Å²) in [6.07, 6.45) is 0.530. The second kappa shape index (κ2) is 7.29. The maximum absolute atomic E-state index is 10.8. The Morgan fingerprint density at radius 1 is 1.36 bits per heavy atom. The molecule has 0 aliphatic carbocycles. The van der Waals surface area contributed by atoms with Crippen LogP contribution in [0.4, 0.5) is 0 Å². The van der Waals surface area contributed by atoms with Crippen molar-refractivity contribution in [2.75, 3.05) is 0 Å². The van der Waals surface area contributed by atoms with E-state index in [0.29, 0.717) is 18.6 Å². The molecule has 0 amide bonds. The summed E-state index contributed by atoms with van der Waals surface area (Å²) in [5.74, 6) is -0.593. The predicted molar refractivity (Wildman–Crippen MR) is 87.7 cm³/mol. The number of nitrogens with one attached hydrogen (secondary N) is 1. The Hall–Kier alpha value is -0.630. The van der Waals surface area contributed by atoms with Crippen LogP contribution in [0.5, 0.6) is 0 Å². The minimum atomic E-state index is -1.10. The van der Waals surface area contributed by atoms with E-state index in [2.05, 4.69) is 33.0 Å². The lowest BCUT2D eigenvalue weighted by Gasteiger charge is -2.57. The van der Waals surface area contributed by atoms with Crippen molar-refractivity contribution in [3.05, 3.63) is 0 Å². The molecule has 0 radical (unpaired) electrons. The first kappa shape index (κ1) is 19.4. The maximum atomic E-state index is 10.8. The highest BCUT2D eigenvalue weighted by Crippen LogP contribution is 2.60. The third-order valence-electron chi connectivity index (χ3n) is 4.34. The molecule has 0 saturated carbocycles. The van der Waals surface area contributed by atoms with Gasteiger partial charge in [0.05, 0.1) is 12.5 Å². The molecule has 1 fully saturated rings. The van der Waals surface area contributed by atoms with E-state index in [1.807, 2.05) is 11.8 Å². The molecule has 0 aromatic heterocycles. The van der Waals surface area contributed by atoms with Crippen molar-refractivity contribution in [3.8, 4) is 0 Å². The standard InChI is InChI=1S/C15H28N2O4S/c1-14(2)11(15(3,4)22-14)6-5-10(16)13(21)17-9(8-18)7-12(19)20/h8-11,13,17,21H,5-7,16H2,1-4H3,(H,19,20)/t9-,10?,13?/m0/s1. The molecule has 2 unspecified atom stereocenters. The van der Waals surface area contributed by atoms with E-state index in [9.17, 15) is 14.7 Å². The molecule has 5 N–H and O–H groups in total. The van der Waals surface area contributed by atoms with Crippen molar-refractivity contribution in [1.82, 2.24) is 5.32 Å². The van der Waals surface area contributed by atoms with Crippen LogP contribution in [0.3, 0.4) is 0 Å². The number of aliphatic hydroxyl groups is 1. The topological polar surface area (TPSA) is 113 Å². The van der Waals surface area contributed by atoms with Gasteiger partial charge < -0.3 is 20.7 Å². The van der Waals surface area contributed by atoms with E-state index in [4.69, 9.17) is 10.8 Å². The third-order valence-corrected chi connectivity index (χ3v) is 5.96. The first-order valence-corrected chi connectivity index (χ1v) is 8.38. The van der Waals surface area contributed by atoms with Crippen LogP contribution in [-0.2, 0) is 9.59 Å². The lowest BCUT2D eigenvalue weighted by molar-refractivity contribution is -0.138. The van der Waals surface area contributed by atoms with Crippen LogP contribution in [0.2, 0.25) is 0 Å². The van der Waals surface area contributed by atoms with Gasteiger partial charge in [-0.05, 0) is 18.8 Å². The van der Waals surface area contributed by atoms with Crippen LogP contribution in [0.25, 0.3) is 0 Å². The van der Waals surface area contributed by atoms with E-state index in [1.54, 1.807) is 0 Å². The summed E-state index contributed by atoms with van der Waals surface area (Å²) >= 11 is 1.95. The molecule has 1 aliphatic heterocycles. The van der Waals surface area contributed by atoms with Gasteiger partial charge in [-0.1, -0.05) is 27.7 Å². The number of carboxylic acids is 1. The number of hydrogen-bond acceptors (Lipinski definition) is 6. The lowest BCUT2D eigenvalue weighted by atomic mass is 9.78. The zero-order chi connectivity index (χ0) is 17.1. The summed E-state index contributed by atoms with van der Waals surface area (Å²) < 4.78 is 0.409. The highest BCUT2D eigenvalue weighted by Gasteiger charge is 2.53. The third kappa shape index (κ3) is 4.94. The van der Waals surface area contributed by atoms with E-state index < -0.39 is 24.3 Å². The Labute approximate surface area is 136 Å². The highest BCUT2D eigenvalue weighted by atomic mass is 32.2. The summed E-state index contributed by atoms with van der Waals surface area (Å²) in [4.78, 5) is 21.4. The molecule has 1 saturated heterocycles. The summed E-state index contributed by atoms with van der Waals surface area (Å²) in [5, 5.41) is 21.3. The number of hydrogen-bond donors (Lipinski definition) is 4. The summed E-state index contributed by atoms with van der Waals surface area (Å²) in [6, 6.07) is -1.46. The zero-order valence-corrected chi connectivity index (χ0v) is 14.5. The van der Waals surface area contributed by atoms with Gasteiger partial charge in [0.25, 0.3) is 0 Å². The number of nitrogens with two attached hydrogens (primary N) is 1. The average Bonchev–Trinajstić information content (AvgIpc) is 2.34. The van der Waals surface area contributed by atoms with Crippen molar-refractivity contribution in [2.24, 2.45) is 11.7 Å². The molecule has 1 rings (SSSR count). The number of aliphatic hydroxyl groups excluding tert-OH is 1. The van der Waals surface area contributed by atoms with Gasteiger partial charge in [-0.2, -0.15) is 0 Å². The number of carbonyl (C=O) groups excluding carboxylic acids is 1. The minimum absolute atomic E-state index is 0.205. The average molecular weight is 332 g/mol. The number of aliphatic carboxylic acids is 1. The maximum Gasteiger partial charge on any atom is 0.305 e. The van der Waals surface area contributed by atoms with Crippen molar-refractivity contribution >= 4 is 24.0 Å². The van der Waals surface area contributed by atoms with Crippen LogP contribution in [0.1, 0.15) is 47.0 Å². The number of carbonyl (C=O) groups is 2. The van der Waals surface area contributed by atoms with Gasteiger partial charge >= 0.3 is 5.97 Å². The quantitative estimate of drug-likeness (QED) is 0.367. The van der Waals surface area contributed by atoms with Crippen molar-refractivity contribution in [1.29, 1.82) is 0 Å². The molecular weight excluding hydrogens is 304 g/mol. The molecule has 0 bridgehead atoms. The summed E-state index contributed by atoms with van der Waals surface area (Å²) in [6.45, 7) is 8.85. The smallest absolute Gasteiger partial charge is 0.305 e. The predicted octanol–water partition coefficient (Wildman–Crippen LogP) is 0.964. The van der Waals surface area contributed by atoms with Crippen LogP contribution in [0, 0.1) is 5.92 Å². The van der Waals surface area contributed by atoms with Crippen LogP contribution in [-0.4, -0.2) is 50.3 Å². The van der Waals surface area contributed by atoms with Crippen molar-refractivity contribution in [3.63, 3.8) is 0 Å². The first-order chi connectivity index (χ1) is 9.99. The first-order valence-electron chi connectivity index (χ1n) is 7.56. The second-order valence-electron chi connectivity index (χ2n) is 7.05. The molecule has 6 nitrogen and oxygen atoms in total. The molecule has 22 heavy (non-hydrogen) atoms. The zero-order valence-electron chi connectivity index (χ0n) is 13.7. The Morgan fingerprint density at radius 2 is 1.91 bits per heavy atom. The molecule has 0 spiro atoms. The van der Waals surface area contributed by atoms with Gasteiger partial charge in [-0.25, -0.2) is 0 Å². The Kier molecular flexibility index (Phi) is 6.44. The lowest BCUT2D eigenvalue weighted by Crippen LogP contribution is -2.55. The molecule has 3 atom stereocenters. The van der Waals surface area contributed by atoms with Crippen molar-refractivity contribution < 1.29 is 19.8 Å². The Morgan fingerprint density at radius 3 is 2.32 bits per heavy atom. The minimum Gasteiger partial charge on any atom is -0.481 e. The second-order valence-corrected chi connectivity index (χ2v) is 9.36. The van der Waals surface area contributed by atoms with Gasteiger partial charge in [0.1, 0.15) is 12.5 Å². The van der Waals surface area contributed by atoms with E-state index >= 15 is 0 Å². The molecular formula is C15H28N2O4S. The van der Waals surface area contributed by atoms with E-state index in [0.717, 1.165) is 6.42 Å². The monoisotopic (exact) mass is 332 g/mol. The fourth-order valence-corrected chi connectivity index (χ4v) is 5.77. The molecule has 0 aromatic rings. The highest BCUT2D eigenvalue weighted by molar-refractivity contribution is 8.03. The SMILES string of the molecule is CC1(C)SC(C)(C)C1CCC(N)C(O)N[C@H](C=O)CC(=O)O. The summed E-state index contributed by atoms with van der Waals surface area (Å²) in [5.41, 5.74) is 5.97. The normalized spacial score (nSPS) is 24.1. The Bertz CT molecular complexity index is 400. The van der Waals surface area contributed by atoms with Crippen LogP contribution >= 0.6 is 11.8 Å². The van der Waals surface area contributed by atoms with Gasteiger partial charge in [0.2, 0.25) is 0 Å². The number of aldehydes is 1. The molecule has 7 heteroatoms. The van der Waals surface area contributed by atoms with Crippen LogP contribution in [0.15, 0.2) is 0 Å². The number of carboxylic acid groups (broad SMARTS) is 1. The largest absolute Gasteiger partial charge is 0.481 e. The van der Waals surface area contributed by atoms with Crippen molar-refractivity contribution in [2.45, 2.75) is 74.8 Å². The summed E-state index contributed by atoms with van der Waals surface area (Å²) in [7, 11) is 0. The molecule has 0 aromatic carbocycles. The van der Waals surface area contributed by atoms with Gasteiger partial charge in [0, 0.05) is 15.5 Å². The Balaban J connectivity index is 2.45. The van der Waals surface area contributed by atoms with E-state index in [1.165, 1.54) is 0 Å². The fourth-order valence-electron chi connectivity index (χ4n) is 3.49. The fraction of sp³-hybridized carbons (Fsp3) is 0.867. The molecule has 1 aliphatic rings. The van der Waals surface area contributed by atoms with Gasteiger partial charge in [0.15, 0.2) is 0 Å². The molecule has 1 heterocycles. The van der Waals surface area contributed by atoms with Gasteiger partial charge in [-0.3, -0.25) is 10.1 Å². The number of rotatable bonds is 9. The molecule has 128 valence electrons. The van der Waals surface area contributed by atoms with E-state index in [-0.39, 0.29) is 15.9 Å². The van der Waals surface area contributed by atoms with Gasteiger partial charge in [-0.15, -0.1) is 11.8 Å². The van der Waals surface area contributed by atoms with Crippen LogP contribution < -0.4 is 11.1 Å². The number of thioether (sulfide) groups is 1.